The van der Waals surface area contributed by atoms with Gasteiger partial charge in [-0.2, -0.15) is 0 Å². The molecular formula is C13H14N4OS2. The number of rotatable bonds is 4. The van der Waals surface area contributed by atoms with Crippen molar-refractivity contribution in [1.82, 2.24) is 15.5 Å². The van der Waals surface area contributed by atoms with Gasteiger partial charge in [0.25, 0.3) is 0 Å². The summed E-state index contributed by atoms with van der Waals surface area (Å²) in [5.74, 6) is 0.185. The van der Waals surface area contributed by atoms with Crippen LogP contribution in [-0.2, 0) is 4.79 Å². The van der Waals surface area contributed by atoms with Gasteiger partial charge in [-0.25, -0.2) is 0 Å². The normalized spacial score (nSPS) is 18.1. The average molecular weight is 306 g/mol. The molecule has 0 spiro atoms. The number of benzene rings is 1. The van der Waals surface area contributed by atoms with Gasteiger partial charge in [-0.15, -0.1) is 10.2 Å². The Kier molecular flexibility index (Phi) is 4.29. The van der Waals surface area contributed by atoms with Gasteiger partial charge in [-0.1, -0.05) is 23.1 Å². The number of carbonyl (C=O) groups excluding carboxylic acids is 1. The van der Waals surface area contributed by atoms with E-state index in [4.69, 9.17) is 0 Å². The topological polar surface area (TPSA) is 66.9 Å². The summed E-state index contributed by atoms with van der Waals surface area (Å²) in [6.07, 6.45) is 0.914. The molecule has 1 fully saturated rings. The van der Waals surface area contributed by atoms with Crippen molar-refractivity contribution in [3.05, 3.63) is 29.8 Å². The molecule has 20 heavy (non-hydrogen) atoms. The highest BCUT2D eigenvalue weighted by Gasteiger charge is 2.22. The molecule has 1 amide bonds. The molecule has 1 atom stereocenters. The fourth-order valence-corrected chi connectivity index (χ4v) is 3.49. The van der Waals surface area contributed by atoms with Gasteiger partial charge in [0.1, 0.15) is 5.51 Å². The van der Waals surface area contributed by atoms with Crippen LogP contribution < -0.4 is 10.6 Å². The van der Waals surface area contributed by atoms with Gasteiger partial charge < -0.3 is 10.6 Å². The first-order valence-electron chi connectivity index (χ1n) is 6.37. The maximum Gasteiger partial charge on any atom is 0.228 e. The van der Waals surface area contributed by atoms with E-state index >= 15 is 0 Å². The molecule has 0 bridgehead atoms. The van der Waals surface area contributed by atoms with E-state index in [1.165, 1.54) is 11.3 Å². The maximum atomic E-state index is 12.0. The summed E-state index contributed by atoms with van der Waals surface area (Å²) in [4.78, 5) is 13.1. The van der Waals surface area contributed by atoms with Gasteiger partial charge in [0.2, 0.25) is 5.91 Å². The molecule has 1 unspecified atom stereocenters. The zero-order chi connectivity index (χ0) is 13.8. The number of carbonyl (C=O) groups is 1. The zero-order valence-electron chi connectivity index (χ0n) is 10.7. The van der Waals surface area contributed by atoms with Crippen molar-refractivity contribution < 1.29 is 4.79 Å². The van der Waals surface area contributed by atoms with Crippen molar-refractivity contribution in [3.63, 3.8) is 0 Å². The number of anilines is 1. The van der Waals surface area contributed by atoms with Crippen LogP contribution in [0, 0.1) is 5.92 Å². The second-order valence-corrected chi connectivity index (χ2v) is 6.66. The summed E-state index contributed by atoms with van der Waals surface area (Å²) in [6.45, 7) is 1.70. The van der Waals surface area contributed by atoms with Gasteiger partial charge in [-0.05, 0) is 37.2 Å². The maximum absolute atomic E-state index is 12.0. The van der Waals surface area contributed by atoms with Gasteiger partial charge in [0.05, 0.1) is 5.92 Å². The van der Waals surface area contributed by atoms with E-state index in [1.54, 1.807) is 17.3 Å². The number of hydrogen-bond acceptors (Lipinski definition) is 6. The molecule has 0 aliphatic carbocycles. The molecule has 104 valence electrons. The molecule has 0 saturated carbocycles. The van der Waals surface area contributed by atoms with E-state index in [-0.39, 0.29) is 11.8 Å². The minimum absolute atomic E-state index is 0.0884. The third kappa shape index (κ3) is 3.36. The monoisotopic (exact) mass is 306 g/mol. The second-order valence-electron chi connectivity index (χ2n) is 4.51. The summed E-state index contributed by atoms with van der Waals surface area (Å²) < 4.78 is 0.916. The average Bonchev–Trinajstić information content (AvgIpc) is 3.13. The predicted octanol–water partition coefficient (Wildman–Crippen LogP) is 2.24. The van der Waals surface area contributed by atoms with Gasteiger partial charge in [-0.3, -0.25) is 4.79 Å². The van der Waals surface area contributed by atoms with Crippen LogP contribution in [0.5, 0.6) is 0 Å². The SMILES string of the molecule is O=C(Nc1ccc(Sc2nncs2)cc1)C1CCNC1. The summed E-state index contributed by atoms with van der Waals surface area (Å²) in [5.41, 5.74) is 2.55. The third-order valence-corrected chi connectivity index (χ3v) is 4.88. The molecule has 2 heterocycles. The van der Waals surface area contributed by atoms with Gasteiger partial charge >= 0.3 is 0 Å². The van der Waals surface area contributed by atoms with E-state index in [1.807, 2.05) is 24.3 Å². The van der Waals surface area contributed by atoms with Gasteiger partial charge in [0.15, 0.2) is 4.34 Å². The summed E-state index contributed by atoms with van der Waals surface area (Å²) in [5, 5.41) is 13.9. The van der Waals surface area contributed by atoms with E-state index in [9.17, 15) is 4.79 Å². The lowest BCUT2D eigenvalue weighted by atomic mass is 10.1. The number of nitrogens with zero attached hydrogens (tertiary/aromatic N) is 2. The quantitative estimate of drug-likeness (QED) is 0.907. The van der Waals surface area contributed by atoms with Crippen molar-refractivity contribution >= 4 is 34.7 Å². The van der Waals surface area contributed by atoms with Crippen LogP contribution in [0.25, 0.3) is 0 Å². The minimum atomic E-state index is 0.0884. The minimum Gasteiger partial charge on any atom is -0.326 e. The Hall–Kier alpha value is -1.44. The molecule has 1 aliphatic rings. The Balaban J connectivity index is 1.59. The van der Waals surface area contributed by atoms with Crippen LogP contribution in [-0.4, -0.2) is 29.2 Å². The molecule has 2 N–H and O–H groups in total. The van der Waals surface area contributed by atoms with Crippen molar-refractivity contribution in [3.8, 4) is 0 Å². The van der Waals surface area contributed by atoms with Crippen LogP contribution in [0.2, 0.25) is 0 Å². The smallest absolute Gasteiger partial charge is 0.228 e. The van der Waals surface area contributed by atoms with Crippen LogP contribution in [0.4, 0.5) is 5.69 Å². The Morgan fingerprint density at radius 1 is 1.40 bits per heavy atom. The summed E-state index contributed by atoms with van der Waals surface area (Å²) >= 11 is 3.08. The van der Waals surface area contributed by atoms with Crippen LogP contribution in [0.3, 0.4) is 0 Å². The molecule has 3 rings (SSSR count). The fraction of sp³-hybridized carbons (Fsp3) is 0.308. The third-order valence-electron chi connectivity index (χ3n) is 3.10. The number of nitrogens with one attached hydrogen (secondary N) is 2. The highest BCUT2D eigenvalue weighted by atomic mass is 32.2. The van der Waals surface area contributed by atoms with E-state index < -0.39 is 0 Å². The van der Waals surface area contributed by atoms with Crippen LogP contribution in [0.15, 0.2) is 39.0 Å². The predicted molar refractivity (Wildman–Crippen MR) is 80.1 cm³/mol. The van der Waals surface area contributed by atoms with E-state index in [0.29, 0.717) is 0 Å². The highest BCUT2D eigenvalue weighted by molar-refractivity contribution is 8.01. The van der Waals surface area contributed by atoms with Crippen molar-refractivity contribution in [2.75, 3.05) is 18.4 Å². The molecule has 1 saturated heterocycles. The first-order valence-corrected chi connectivity index (χ1v) is 8.06. The summed E-state index contributed by atoms with van der Waals surface area (Å²) in [7, 11) is 0. The Morgan fingerprint density at radius 3 is 2.90 bits per heavy atom. The molecule has 5 nitrogen and oxygen atoms in total. The van der Waals surface area contributed by atoms with Gasteiger partial charge in [0, 0.05) is 17.1 Å². The lowest BCUT2D eigenvalue weighted by Crippen LogP contribution is -2.24. The number of aromatic nitrogens is 2. The first kappa shape index (κ1) is 13.5. The Bertz CT molecular complexity index is 565. The van der Waals surface area contributed by atoms with Crippen molar-refractivity contribution in [1.29, 1.82) is 0 Å². The van der Waals surface area contributed by atoms with Crippen molar-refractivity contribution in [2.45, 2.75) is 15.7 Å². The first-order chi connectivity index (χ1) is 9.81. The summed E-state index contributed by atoms with van der Waals surface area (Å²) in [6, 6.07) is 7.80. The number of hydrogen-bond donors (Lipinski definition) is 2. The molecule has 1 aromatic heterocycles. The Morgan fingerprint density at radius 2 is 2.25 bits per heavy atom. The zero-order valence-corrected chi connectivity index (χ0v) is 12.3. The highest BCUT2D eigenvalue weighted by Crippen LogP contribution is 2.29. The van der Waals surface area contributed by atoms with Crippen LogP contribution in [0.1, 0.15) is 6.42 Å². The largest absolute Gasteiger partial charge is 0.326 e. The molecule has 1 aliphatic heterocycles. The standard InChI is InChI=1S/C13H14N4OS2/c18-12(9-5-6-14-7-9)16-10-1-3-11(4-2-10)20-13-17-15-8-19-13/h1-4,8-9,14H,5-7H2,(H,16,18). The van der Waals surface area contributed by atoms with Crippen LogP contribution >= 0.6 is 23.1 Å². The van der Waals surface area contributed by atoms with Crippen molar-refractivity contribution in [2.24, 2.45) is 5.92 Å². The van der Waals surface area contributed by atoms with E-state index in [2.05, 4.69) is 20.8 Å². The Labute approximate surface area is 125 Å². The number of amides is 1. The fourth-order valence-electron chi connectivity index (χ4n) is 2.04. The molecule has 1 aromatic carbocycles. The lowest BCUT2D eigenvalue weighted by molar-refractivity contribution is -0.119. The second kappa shape index (κ2) is 6.34. The molecule has 0 radical (unpaired) electrons. The molecule has 2 aromatic rings. The lowest BCUT2D eigenvalue weighted by Gasteiger charge is -2.10. The molecule has 7 heteroatoms. The van der Waals surface area contributed by atoms with E-state index in [0.717, 1.165) is 34.4 Å². The molecular weight excluding hydrogens is 292 g/mol.